The van der Waals surface area contributed by atoms with E-state index in [-0.39, 0.29) is 5.91 Å². The highest BCUT2D eigenvalue weighted by Gasteiger charge is 2.17. The Morgan fingerprint density at radius 2 is 1.88 bits per heavy atom. The van der Waals surface area contributed by atoms with Crippen LogP contribution in [0.2, 0.25) is 0 Å². The fourth-order valence-electron chi connectivity index (χ4n) is 2.76. The van der Waals surface area contributed by atoms with Crippen molar-refractivity contribution in [1.29, 1.82) is 0 Å². The molecular formula is C20H35N3O. The highest BCUT2D eigenvalue weighted by molar-refractivity contribution is 5.78. The zero-order valence-electron chi connectivity index (χ0n) is 16.0. The number of carbonyl (C=O) groups is 1. The summed E-state index contributed by atoms with van der Waals surface area (Å²) in [6.45, 7) is 16.7. The number of nitrogens with one attached hydrogen (secondary N) is 2. The summed E-state index contributed by atoms with van der Waals surface area (Å²) in [5.41, 5.74) is 2.96. The van der Waals surface area contributed by atoms with Crippen LogP contribution in [0.4, 0.5) is 0 Å². The molecule has 0 aromatic carbocycles. The Hall–Kier alpha value is -1.39. The van der Waals surface area contributed by atoms with Crippen LogP contribution in [0.1, 0.15) is 53.4 Å². The second-order valence-corrected chi connectivity index (χ2v) is 6.74. The van der Waals surface area contributed by atoms with Crippen molar-refractivity contribution in [1.82, 2.24) is 15.5 Å². The Balaban J connectivity index is 2.35. The summed E-state index contributed by atoms with van der Waals surface area (Å²) in [5, 5.41) is 6.46. The summed E-state index contributed by atoms with van der Waals surface area (Å²) in [6.07, 6.45) is 8.33. The largest absolute Gasteiger partial charge is 0.326 e. The van der Waals surface area contributed by atoms with Gasteiger partial charge in [0.15, 0.2) is 0 Å². The van der Waals surface area contributed by atoms with Gasteiger partial charge < -0.3 is 15.5 Å². The van der Waals surface area contributed by atoms with Gasteiger partial charge in [-0.05, 0) is 58.3 Å². The third kappa shape index (κ3) is 7.93. The lowest BCUT2D eigenvalue weighted by atomic mass is 10.0. The molecule has 136 valence electrons. The molecule has 1 aliphatic rings. The number of piperidine rings is 1. The molecule has 0 atom stereocenters. The second kappa shape index (κ2) is 11.2. The smallest absolute Gasteiger partial charge is 0.224 e. The summed E-state index contributed by atoms with van der Waals surface area (Å²) in [4.78, 5) is 13.9. The molecule has 4 heteroatoms. The first-order valence-electron chi connectivity index (χ1n) is 9.25. The molecule has 0 saturated carbocycles. The zero-order chi connectivity index (χ0) is 17.9. The van der Waals surface area contributed by atoms with E-state index in [0.717, 1.165) is 12.1 Å². The van der Waals surface area contributed by atoms with Gasteiger partial charge in [-0.1, -0.05) is 38.2 Å². The van der Waals surface area contributed by atoms with Crippen molar-refractivity contribution in [2.75, 3.05) is 26.2 Å². The maximum absolute atomic E-state index is 11.4. The van der Waals surface area contributed by atoms with Gasteiger partial charge in [0.1, 0.15) is 0 Å². The van der Waals surface area contributed by atoms with Crippen LogP contribution >= 0.6 is 0 Å². The van der Waals surface area contributed by atoms with E-state index in [1.165, 1.54) is 44.5 Å². The molecule has 0 aromatic heterocycles. The normalized spacial score (nSPS) is 17.8. The van der Waals surface area contributed by atoms with Crippen molar-refractivity contribution in [3.8, 4) is 0 Å². The van der Waals surface area contributed by atoms with Gasteiger partial charge in [0.25, 0.3) is 0 Å². The molecule has 0 aliphatic carbocycles. The molecule has 24 heavy (non-hydrogen) atoms. The van der Waals surface area contributed by atoms with E-state index in [4.69, 9.17) is 0 Å². The van der Waals surface area contributed by atoms with Crippen LogP contribution < -0.4 is 10.6 Å². The molecule has 0 aromatic rings. The maximum atomic E-state index is 11.4. The molecule has 1 rings (SSSR count). The second-order valence-electron chi connectivity index (χ2n) is 6.74. The van der Waals surface area contributed by atoms with E-state index in [1.807, 2.05) is 19.9 Å². The van der Waals surface area contributed by atoms with Crippen molar-refractivity contribution >= 4 is 5.91 Å². The first-order valence-corrected chi connectivity index (χ1v) is 9.25. The third-order valence-corrected chi connectivity index (χ3v) is 4.50. The molecule has 0 bridgehead atoms. The van der Waals surface area contributed by atoms with Gasteiger partial charge in [0.2, 0.25) is 5.91 Å². The molecule has 1 fully saturated rings. The van der Waals surface area contributed by atoms with Gasteiger partial charge in [-0.15, -0.1) is 0 Å². The molecule has 1 aliphatic heterocycles. The molecule has 0 spiro atoms. The number of rotatable bonds is 9. The monoisotopic (exact) mass is 333 g/mol. The van der Waals surface area contributed by atoms with E-state index < -0.39 is 0 Å². The average Bonchev–Trinajstić information content (AvgIpc) is 2.59. The Morgan fingerprint density at radius 3 is 2.46 bits per heavy atom. The highest BCUT2D eigenvalue weighted by atomic mass is 16.1. The number of hydrogen-bond donors (Lipinski definition) is 2. The van der Waals surface area contributed by atoms with Crippen LogP contribution in [0.5, 0.6) is 0 Å². The minimum atomic E-state index is 0.00420. The van der Waals surface area contributed by atoms with Gasteiger partial charge in [-0.3, -0.25) is 4.79 Å². The van der Waals surface area contributed by atoms with Crippen molar-refractivity contribution in [2.45, 2.75) is 59.4 Å². The number of allylic oxidation sites excluding steroid dienone is 3. The van der Waals surface area contributed by atoms with Crippen LogP contribution in [0, 0.1) is 0 Å². The van der Waals surface area contributed by atoms with E-state index in [9.17, 15) is 4.79 Å². The maximum Gasteiger partial charge on any atom is 0.224 e. The summed E-state index contributed by atoms with van der Waals surface area (Å²) in [5.74, 6) is 0.00420. The van der Waals surface area contributed by atoms with E-state index in [1.54, 1.807) is 0 Å². The van der Waals surface area contributed by atoms with Gasteiger partial charge in [-0.25, -0.2) is 0 Å². The quantitative estimate of drug-likeness (QED) is 0.636. The lowest BCUT2D eigenvalue weighted by Gasteiger charge is -2.32. The molecule has 2 N–H and O–H groups in total. The van der Waals surface area contributed by atoms with Crippen molar-refractivity contribution < 1.29 is 4.79 Å². The van der Waals surface area contributed by atoms with Crippen LogP contribution in [-0.4, -0.2) is 43.0 Å². The first kappa shape index (κ1) is 20.7. The Morgan fingerprint density at radius 1 is 1.21 bits per heavy atom. The molecule has 4 nitrogen and oxygen atoms in total. The standard InChI is InChI=1S/C20H35N3O/c1-6-12-23-13-10-19(11-14-23)21-15-16(3)8-9-17(4)18(5)22-20(24)7-2/h8-9,19,21H,5-7,10-15H2,1-4H3,(H,22,24)/b16-8+,17-9-. The fourth-order valence-corrected chi connectivity index (χ4v) is 2.76. The summed E-state index contributed by atoms with van der Waals surface area (Å²) < 4.78 is 0. The molecule has 1 amide bonds. The minimum absolute atomic E-state index is 0.00420. The zero-order valence-corrected chi connectivity index (χ0v) is 16.0. The van der Waals surface area contributed by atoms with Crippen molar-refractivity contribution in [3.05, 3.63) is 35.6 Å². The molecule has 1 heterocycles. The van der Waals surface area contributed by atoms with Crippen LogP contribution in [0.15, 0.2) is 35.6 Å². The average molecular weight is 334 g/mol. The van der Waals surface area contributed by atoms with E-state index in [2.05, 4.69) is 42.0 Å². The summed E-state index contributed by atoms with van der Waals surface area (Å²) >= 11 is 0. The first-order chi connectivity index (χ1) is 11.5. The van der Waals surface area contributed by atoms with Crippen molar-refractivity contribution in [2.24, 2.45) is 0 Å². The summed E-state index contributed by atoms with van der Waals surface area (Å²) in [6, 6.07) is 0.630. The number of hydrogen-bond acceptors (Lipinski definition) is 3. The van der Waals surface area contributed by atoms with Crippen molar-refractivity contribution in [3.63, 3.8) is 0 Å². The van der Waals surface area contributed by atoms with Crippen LogP contribution in [-0.2, 0) is 4.79 Å². The van der Waals surface area contributed by atoms with Crippen LogP contribution in [0.3, 0.4) is 0 Å². The Labute approximate surface area is 148 Å². The predicted octanol–water partition coefficient (Wildman–Crippen LogP) is 3.38. The lowest BCUT2D eigenvalue weighted by Crippen LogP contribution is -2.43. The van der Waals surface area contributed by atoms with E-state index >= 15 is 0 Å². The fraction of sp³-hybridized carbons (Fsp3) is 0.650. The molecular weight excluding hydrogens is 298 g/mol. The number of likely N-dealkylation sites (tertiary alicyclic amines) is 1. The van der Waals surface area contributed by atoms with E-state index in [0.29, 0.717) is 18.2 Å². The summed E-state index contributed by atoms with van der Waals surface area (Å²) in [7, 11) is 0. The topological polar surface area (TPSA) is 44.4 Å². The predicted molar refractivity (Wildman–Crippen MR) is 103 cm³/mol. The number of nitrogens with zero attached hydrogens (tertiary/aromatic N) is 1. The third-order valence-electron chi connectivity index (χ3n) is 4.50. The van der Waals surface area contributed by atoms with Gasteiger partial charge in [0, 0.05) is 24.7 Å². The molecule has 0 unspecified atom stereocenters. The Kier molecular flexibility index (Phi) is 9.65. The molecule has 0 radical (unpaired) electrons. The highest BCUT2D eigenvalue weighted by Crippen LogP contribution is 2.11. The number of carbonyl (C=O) groups excluding carboxylic acids is 1. The van der Waals surface area contributed by atoms with Gasteiger partial charge in [0.05, 0.1) is 0 Å². The van der Waals surface area contributed by atoms with Gasteiger partial charge in [-0.2, -0.15) is 0 Å². The lowest BCUT2D eigenvalue weighted by molar-refractivity contribution is -0.120. The minimum Gasteiger partial charge on any atom is -0.326 e. The number of amides is 1. The molecule has 1 saturated heterocycles. The Bertz CT molecular complexity index is 471. The van der Waals surface area contributed by atoms with Crippen LogP contribution in [0.25, 0.3) is 0 Å². The van der Waals surface area contributed by atoms with Gasteiger partial charge >= 0.3 is 0 Å². The SMILES string of the molecule is C=C(NC(=O)CC)/C(C)=C\C=C(/C)CNC1CCN(CCC)CC1.